The van der Waals surface area contributed by atoms with Crippen LogP contribution in [0, 0.1) is 5.82 Å². The summed E-state index contributed by atoms with van der Waals surface area (Å²) in [5.74, 6) is -0.832. The maximum atomic E-state index is 13.1. The number of carbonyl (C=O) groups is 1. The second-order valence-electron chi connectivity index (χ2n) is 8.10. The molecule has 1 atom stereocenters. The topological polar surface area (TPSA) is 78.5 Å². The van der Waals surface area contributed by atoms with Gasteiger partial charge in [-0.05, 0) is 88.2 Å². The molecular weight excluding hydrogens is 453 g/mol. The van der Waals surface area contributed by atoms with Crippen LogP contribution >= 0.6 is 11.6 Å². The van der Waals surface area contributed by atoms with E-state index in [4.69, 9.17) is 11.6 Å². The highest BCUT2D eigenvalue weighted by molar-refractivity contribution is 7.92. The smallest absolute Gasteiger partial charge is 0.261 e. The van der Waals surface area contributed by atoms with E-state index in [9.17, 15) is 17.6 Å². The van der Waals surface area contributed by atoms with E-state index in [-0.39, 0.29) is 21.5 Å². The van der Waals surface area contributed by atoms with Crippen molar-refractivity contribution in [1.82, 2.24) is 10.2 Å². The third-order valence-electron chi connectivity index (χ3n) is 5.70. The van der Waals surface area contributed by atoms with Crippen LogP contribution in [0.15, 0.2) is 47.4 Å². The highest BCUT2D eigenvalue weighted by Crippen LogP contribution is 2.26. The van der Waals surface area contributed by atoms with E-state index in [2.05, 4.69) is 21.9 Å². The molecule has 9 heteroatoms. The maximum Gasteiger partial charge on any atom is 0.261 e. The van der Waals surface area contributed by atoms with Crippen LogP contribution in [0.4, 0.5) is 10.1 Å². The van der Waals surface area contributed by atoms with Gasteiger partial charge in [-0.25, -0.2) is 12.8 Å². The molecular formula is C23H29ClFN3O3S. The number of likely N-dealkylation sites (tertiary alicyclic amines) is 1. The van der Waals surface area contributed by atoms with Gasteiger partial charge in [0.2, 0.25) is 0 Å². The van der Waals surface area contributed by atoms with Gasteiger partial charge in [-0.2, -0.15) is 0 Å². The number of carbonyl (C=O) groups excluding carboxylic acids is 1. The number of hydrogen-bond acceptors (Lipinski definition) is 4. The first-order valence-electron chi connectivity index (χ1n) is 10.9. The molecule has 2 aromatic rings. The van der Waals surface area contributed by atoms with Gasteiger partial charge in [-0.3, -0.25) is 9.52 Å². The Morgan fingerprint density at radius 3 is 2.62 bits per heavy atom. The van der Waals surface area contributed by atoms with E-state index in [0.717, 1.165) is 50.2 Å². The lowest BCUT2D eigenvalue weighted by Gasteiger charge is -2.33. The Morgan fingerprint density at radius 2 is 1.91 bits per heavy atom. The van der Waals surface area contributed by atoms with Gasteiger partial charge >= 0.3 is 0 Å². The summed E-state index contributed by atoms with van der Waals surface area (Å²) < 4.78 is 40.5. The van der Waals surface area contributed by atoms with E-state index < -0.39 is 15.8 Å². The minimum Gasteiger partial charge on any atom is -0.352 e. The molecule has 2 aromatic carbocycles. The summed E-state index contributed by atoms with van der Waals surface area (Å²) in [7, 11) is -3.97. The average molecular weight is 482 g/mol. The van der Waals surface area contributed by atoms with Crippen molar-refractivity contribution >= 4 is 33.2 Å². The van der Waals surface area contributed by atoms with E-state index in [1.54, 1.807) is 6.07 Å². The highest BCUT2D eigenvalue weighted by Gasteiger charge is 2.18. The molecule has 1 aliphatic rings. The molecule has 6 nitrogen and oxygen atoms in total. The van der Waals surface area contributed by atoms with Gasteiger partial charge in [0, 0.05) is 18.2 Å². The molecule has 3 rings (SSSR count). The lowest BCUT2D eigenvalue weighted by molar-refractivity contribution is 0.0951. The molecule has 0 aliphatic carbocycles. The van der Waals surface area contributed by atoms with Gasteiger partial charge in [0.25, 0.3) is 15.9 Å². The van der Waals surface area contributed by atoms with Gasteiger partial charge in [0.05, 0.1) is 15.6 Å². The monoisotopic (exact) mass is 481 g/mol. The van der Waals surface area contributed by atoms with Gasteiger partial charge in [0.15, 0.2) is 0 Å². The number of hydrogen-bond donors (Lipinski definition) is 2. The standard InChI is InChI=1S/C23H29ClFN3O3S/c1-17-6-2-4-14-28(17)15-5-3-13-26-23(29)18-7-12-21(24)22(16-18)27-32(30,31)20-10-8-19(25)9-11-20/h7-12,16-17,27H,2-6,13-15H2,1H3,(H,26,29). The first kappa shape index (κ1) is 24.5. The summed E-state index contributed by atoms with van der Waals surface area (Å²) in [4.78, 5) is 14.9. The molecule has 0 bridgehead atoms. The maximum absolute atomic E-state index is 13.1. The number of piperidine rings is 1. The predicted molar refractivity (Wildman–Crippen MR) is 125 cm³/mol. The molecule has 1 heterocycles. The van der Waals surface area contributed by atoms with E-state index in [1.807, 2.05) is 0 Å². The van der Waals surface area contributed by atoms with Gasteiger partial charge < -0.3 is 10.2 Å². The van der Waals surface area contributed by atoms with Crippen LogP contribution in [0.5, 0.6) is 0 Å². The zero-order valence-electron chi connectivity index (χ0n) is 18.1. The van der Waals surface area contributed by atoms with Crippen molar-refractivity contribution in [2.24, 2.45) is 0 Å². The minimum atomic E-state index is -3.97. The average Bonchev–Trinajstić information content (AvgIpc) is 2.76. The molecule has 1 amide bonds. The second-order valence-corrected chi connectivity index (χ2v) is 10.2. The van der Waals surface area contributed by atoms with Crippen molar-refractivity contribution in [2.45, 2.75) is 50.0 Å². The zero-order chi connectivity index (χ0) is 23.1. The van der Waals surface area contributed by atoms with Crippen molar-refractivity contribution < 1.29 is 17.6 Å². The molecule has 174 valence electrons. The van der Waals surface area contributed by atoms with Crippen LogP contribution < -0.4 is 10.0 Å². The highest BCUT2D eigenvalue weighted by atomic mass is 35.5. The molecule has 0 aromatic heterocycles. The molecule has 1 aliphatic heterocycles. The fourth-order valence-electron chi connectivity index (χ4n) is 3.80. The summed E-state index contributed by atoms with van der Waals surface area (Å²) in [6, 6.07) is 9.48. The van der Waals surface area contributed by atoms with E-state index >= 15 is 0 Å². The van der Waals surface area contributed by atoms with Crippen molar-refractivity contribution in [3.05, 3.63) is 58.9 Å². The molecule has 1 saturated heterocycles. The molecule has 0 saturated carbocycles. The van der Waals surface area contributed by atoms with Crippen molar-refractivity contribution in [3.8, 4) is 0 Å². The summed E-state index contributed by atoms with van der Waals surface area (Å²) in [5, 5.41) is 3.03. The number of amides is 1. The number of sulfonamides is 1. The molecule has 1 fully saturated rings. The van der Waals surface area contributed by atoms with Crippen molar-refractivity contribution in [3.63, 3.8) is 0 Å². The molecule has 32 heavy (non-hydrogen) atoms. The first-order valence-corrected chi connectivity index (χ1v) is 12.7. The number of halogens is 2. The third-order valence-corrected chi connectivity index (χ3v) is 7.41. The number of anilines is 1. The van der Waals surface area contributed by atoms with Crippen molar-refractivity contribution in [1.29, 1.82) is 0 Å². The molecule has 2 N–H and O–H groups in total. The Bertz CT molecular complexity index is 1030. The van der Waals surface area contributed by atoms with Crippen LogP contribution in [0.25, 0.3) is 0 Å². The lowest BCUT2D eigenvalue weighted by Crippen LogP contribution is -2.38. The van der Waals surface area contributed by atoms with E-state index in [1.165, 1.54) is 31.4 Å². The third kappa shape index (κ3) is 6.67. The lowest BCUT2D eigenvalue weighted by atomic mass is 10.0. The predicted octanol–water partition coefficient (Wildman–Crippen LogP) is 4.66. The Balaban J connectivity index is 1.54. The Labute approximate surface area is 194 Å². The summed E-state index contributed by atoms with van der Waals surface area (Å²) in [5.41, 5.74) is 0.388. The van der Waals surface area contributed by atoms with Crippen LogP contribution in [-0.2, 0) is 10.0 Å². The molecule has 0 spiro atoms. The molecule has 0 radical (unpaired) electrons. The Hall–Kier alpha value is -2.16. The number of rotatable bonds is 9. The number of unbranched alkanes of at least 4 members (excludes halogenated alkanes) is 1. The van der Waals surface area contributed by atoms with Gasteiger partial charge in [-0.1, -0.05) is 18.0 Å². The Kier molecular flexibility index (Phi) is 8.51. The quantitative estimate of drug-likeness (QED) is 0.510. The fraction of sp³-hybridized carbons (Fsp3) is 0.435. The van der Waals surface area contributed by atoms with E-state index in [0.29, 0.717) is 18.2 Å². The normalized spacial score (nSPS) is 17.2. The zero-order valence-corrected chi connectivity index (χ0v) is 19.7. The first-order chi connectivity index (χ1) is 15.3. The second kappa shape index (κ2) is 11.1. The van der Waals surface area contributed by atoms with Crippen LogP contribution in [-0.4, -0.2) is 44.9 Å². The largest absolute Gasteiger partial charge is 0.352 e. The minimum absolute atomic E-state index is 0.0859. The van der Waals surface area contributed by atoms with Crippen LogP contribution in [0.3, 0.4) is 0 Å². The number of benzene rings is 2. The summed E-state index contributed by atoms with van der Waals surface area (Å²) >= 11 is 6.13. The summed E-state index contributed by atoms with van der Waals surface area (Å²) in [6.45, 7) is 4.99. The fourth-order valence-corrected chi connectivity index (χ4v) is 5.09. The SMILES string of the molecule is CC1CCCCN1CCCCNC(=O)c1ccc(Cl)c(NS(=O)(=O)c2ccc(F)cc2)c1. The Morgan fingerprint density at radius 1 is 1.16 bits per heavy atom. The number of nitrogens with one attached hydrogen (secondary N) is 2. The summed E-state index contributed by atoms with van der Waals surface area (Å²) in [6.07, 6.45) is 5.68. The molecule has 1 unspecified atom stereocenters. The van der Waals surface area contributed by atoms with Gasteiger partial charge in [0.1, 0.15) is 5.82 Å². The van der Waals surface area contributed by atoms with Gasteiger partial charge in [-0.15, -0.1) is 0 Å². The van der Waals surface area contributed by atoms with Crippen molar-refractivity contribution in [2.75, 3.05) is 24.4 Å². The number of nitrogens with zero attached hydrogens (tertiary/aromatic N) is 1. The van der Waals surface area contributed by atoms with Crippen LogP contribution in [0.2, 0.25) is 5.02 Å². The van der Waals surface area contributed by atoms with Crippen LogP contribution in [0.1, 0.15) is 49.4 Å².